The Morgan fingerprint density at radius 2 is 2.15 bits per heavy atom. The molecule has 0 amide bonds. The van der Waals surface area contributed by atoms with Crippen LogP contribution in [0.2, 0.25) is 5.02 Å². The highest BCUT2D eigenvalue weighted by atomic mass is 79.9. The van der Waals surface area contributed by atoms with Crippen LogP contribution in [0.4, 0.5) is 0 Å². The first kappa shape index (κ1) is 19.7. The molecule has 1 N–H and O–H groups in total. The van der Waals surface area contributed by atoms with E-state index in [1.807, 2.05) is 36.4 Å². The van der Waals surface area contributed by atoms with Crippen LogP contribution < -0.4 is 10.1 Å². The van der Waals surface area contributed by atoms with Crippen LogP contribution >= 0.6 is 27.5 Å². The van der Waals surface area contributed by atoms with Gasteiger partial charge in [0.25, 0.3) is 0 Å². The van der Waals surface area contributed by atoms with E-state index in [9.17, 15) is 0 Å². The van der Waals surface area contributed by atoms with Crippen molar-refractivity contribution >= 4 is 27.5 Å². The molecular formula is C21H26BrClN2O. The maximum atomic E-state index is 6.07. The Hall–Kier alpha value is -1.07. The summed E-state index contributed by atoms with van der Waals surface area (Å²) in [6, 6.07) is 14.6. The fourth-order valence-electron chi connectivity index (χ4n) is 3.53. The number of hydrogen-bond acceptors (Lipinski definition) is 3. The Kier molecular flexibility index (Phi) is 7.38. The minimum atomic E-state index is 0.515. The predicted molar refractivity (Wildman–Crippen MR) is 112 cm³/mol. The van der Waals surface area contributed by atoms with Crippen molar-refractivity contribution in [2.75, 3.05) is 19.6 Å². The summed E-state index contributed by atoms with van der Waals surface area (Å²) in [5.41, 5.74) is 2.24. The molecule has 0 aromatic heterocycles. The van der Waals surface area contributed by atoms with E-state index in [-0.39, 0.29) is 0 Å². The van der Waals surface area contributed by atoms with Gasteiger partial charge in [-0.1, -0.05) is 46.6 Å². The van der Waals surface area contributed by atoms with Crippen LogP contribution in [-0.2, 0) is 13.2 Å². The van der Waals surface area contributed by atoms with Gasteiger partial charge in [-0.3, -0.25) is 4.90 Å². The molecule has 0 unspecified atom stereocenters. The molecule has 0 saturated carbocycles. The van der Waals surface area contributed by atoms with Gasteiger partial charge >= 0.3 is 0 Å². The largest absolute Gasteiger partial charge is 0.489 e. The molecule has 1 aliphatic rings. The van der Waals surface area contributed by atoms with E-state index in [2.05, 4.69) is 39.1 Å². The lowest BCUT2D eigenvalue weighted by Gasteiger charge is -2.23. The highest BCUT2D eigenvalue weighted by Gasteiger charge is 2.22. The van der Waals surface area contributed by atoms with Crippen LogP contribution in [-0.4, -0.2) is 30.6 Å². The molecule has 1 atom stereocenters. The van der Waals surface area contributed by atoms with Crippen LogP contribution in [0.15, 0.2) is 46.9 Å². The van der Waals surface area contributed by atoms with Crippen LogP contribution in [0.5, 0.6) is 5.75 Å². The van der Waals surface area contributed by atoms with E-state index < -0.39 is 0 Å². The predicted octanol–water partition coefficient (Wildman–Crippen LogP) is 5.26. The summed E-state index contributed by atoms with van der Waals surface area (Å²) in [6.45, 7) is 6.95. The SMILES string of the molecule is CCN1CCC[C@@H]1CNCc1cc(Br)ccc1OCc1cccc(Cl)c1. The molecule has 1 saturated heterocycles. The van der Waals surface area contributed by atoms with Crippen molar-refractivity contribution in [1.29, 1.82) is 0 Å². The summed E-state index contributed by atoms with van der Waals surface area (Å²) in [5, 5.41) is 4.36. The molecule has 1 aliphatic heterocycles. The lowest BCUT2D eigenvalue weighted by Crippen LogP contribution is -2.37. The van der Waals surface area contributed by atoms with Crippen LogP contribution in [0.25, 0.3) is 0 Å². The molecule has 2 aromatic rings. The maximum Gasteiger partial charge on any atom is 0.124 e. The Bertz CT molecular complexity index is 725. The molecule has 0 radical (unpaired) electrons. The Balaban J connectivity index is 1.58. The van der Waals surface area contributed by atoms with Crippen molar-refractivity contribution in [3.63, 3.8) is 0 Å². The van der Waals surface area contributed by atoms with Crippen molar-refractivity contribution in [3.05, 3.63) is 63.1 Å². The topological polar surface area (TPSA) is 24.5 Å². The van der Waals surface area contributed by atoms with Gasteiger partial charge in [-0.25, -0.2) is 0 Å². The quantitative estimate of drug-likeness (QED) is 0.610. The molecule has 5 heteroatoms. The zero-order chi connectivity index (χ0) is 18.4. The minimum Gasteiger partial charge on any atom is -0.489 e. The standard InChI is InChI=1S/C21H26BrClN2O/c1-2-25-10-4-7-20(25)14-24-13-17-12-18(22)8-9-21(17)26-15-16-5-3-6-19(23)11-16/h3,5-6,8-9,11-12,20,24H,2,4,7,10,13-15H2,1H3/t20-/m1/s1. The summed E-state index contributed by atoms with van der Waals surface area (Å²) in [5.74, 6) is 0.916. The summed E-state index contributed by atoms with van der Waals surface area (Å²) < 4.78 is 7.14. The van der Waals surface area contributed by atoms with E-state index in [1.54, 1.807) is 0 Å². The molecule has 0 aliphatic carbocycles. The minimum absolute atomic E-state index is 0.515. The van der Waals surface area contributed by atoms with Gasteiger partial charge in [0, 0.05) is 34.2 Å². The van der Waals surface area contributed by atoms with E-state index in [0.29, 0.717) is 12.6 Å². The molecule has 1 fully saturated rings. The Labute approximate surface area is 169 Å². The molecule has 0 spiro atoms. The highest BCUT2D eigenvalue weighted by Crippen LogP contribution is 2.25. The van der Waals surface area contributed by atoms with Gasteiger partial charge in [0.2, 0.25) is 0 Å². The third kappa shape index (κ3) is 5.46. The fraction of sp³-hybridized carbons (Fsp3) is 0.429. The summed E-state index contributed by atoms with van der Waals surface area (Å²) in [7, 11) is 0. The van der Waals surface area contributed by atoms with Gasteiger partial charge in [-0.15, -0.1) is 0 Å². The van der Waals surface area contributed by atoms with Crippen LogP contribution in [0, 0.1) is 0 Å². The summed E-state index contributed by atoms with van der Waals surface area (Å²) >= 11 is 9.63. The zero-order valence-electron chi connectivity index (χ0n) is 15.2. The second kappa shape index (κ2) is 9.75. The van der Waals surface area contributed by atoms with Crippen LogP contribution in [0.1, 0.15) is 30.9 Å². The van der Waals surface area contributed by atoms with E-state index in [0.717, 1.165) is 40.4 Å². The number of nitrogens with zero attached hydrogens (tertiary/aromatic N) is 1. The molecule has 3 rings (SSSR count). The third-order valence-corrected chi connectivity index (χ3v) is 5.63. The fourth-order valence-corrected chi connectivity index (χ4v) is 4.15. The average Bonchev–Trinajstić information content (AvgIpc) is 3.08. The molecule has 1 heterocycles. The van der Waals surface area contributed by atoms with Gasteiger partial charge in [0.05, 0.1) is 0 Å². The summed E-state index contributed by atoms with van der Waals surface area (Å²) in [6.07, 6.45) is 2.60. The molecule has 0 bridgehead atoms. The summed E-state index contributed by atoms with van der Waals surface area (Å²) in [4.78, 5) is 2.56. The molecule has 3 nitrogen and oxygen atoms in total. The average molecular weight is 438 g/mol. The first-order chi connectivity index (χ1) is 12.7. The number of hydrogen-bond donors (Lipinski definition) is 1. The van der Waals surface area contributed by atoms with Crippen molar-refractivity contribution in [1.82, 2.24) is 10.2 Å². The normalized spacial score (nSPS) is 17.6. The number of ether oxygens (including phenoxy) is 1. The monoisotopic (exact) mass is 436 g/mol. The van der Waals surface area contributed by atoms with Gasteiger partial charge in [-0.05, 0) is 61.8 Å². The highest BCUT2D eigenvalue weighted by molar-refractivity contribution is 9.10. The van der Waals surface area contributed by atoms with E-state index in [4.69, 9.17) is 16.3 Å². The first-order valence-corrected chi connectivity index (χ1v) is 10.4. The van der Waals surface area contributed by atoms with Gasteiger partial charge < -0.3 is 10.1 Å². The second-order valence-corrected chi connectivity index (χ2v) is 8.08. The van der Waals surface area contributed by atoms with Gasteiger partial charge in [0.1, 0.15) is 12.4 Å². The van der Waals surface area contributed by atoms with Gasteiger partial charge in [-0.2, -0.15) is 0 Å². The van der Waals surface area contributed by atoms with E-state index >= 15 is 0 Å². The molecular weight excluding hydrogens is 412 g/mol. The zero-order valence-corrected chi connectivity index (χ0v) is 17.5. The molecule has 140 valence electrons. The smallest absolute Gasteiger partial charge is 0.124 e. The van der Waals surface area contributed by atoms with Crippen LogP contribution in [0.3, 0.4) is 0 Å². The molecule has 2 aromatic carbocycles. The number of likely N-dealkylation sites (tertiary alicyclic amines) is 1. The van der Waals surface area contributed by atoms with Crippen molar-refractivity contribution in [3.8, 4) is 5.75 Å². The molecule has 26 heavy (non-hydrogen) atoms. The Morgan fingerprint density at radius 3 is 2.96 bits per heavy atom. The lowest BCUT2D eigenvalue weighted by atomic mass is 10.1. The second-order valence-electron chi connectivity index (χ2n) is 6.73. The number of benzene rings is 2. The third-order valence-electron chi connectivity index (χ3n) is 4.91. The first-order valence-electron chi connectivity index (χ1n) is 9.26. The lowest BCUT2D eigenvalue weighted by molar-refractivity contribution is 0.259. The Morgan fingerprint density at radius 1 is 1.27 bits per heavy atom. The van der Waals surface area contributed by atoms with Crippen molar-refractivity contribution in [2.24, 2.45) is 0 Å². The number of likely N-dealkylation sites (N-methyl/N-ethyl adjacent to an activating group) is 1. The van der Waals surface area contributed by atoms with Crippen molar-refractivity contribution in [2.45, 2.75) is 39.0 Å². The maximum absolute atomic E-state index is 6.07. The number of rotatable bonds is 8. The van der Waals surface area contributed by atoms with Gasteiger partial charge in [0.15, 0.2) is 0 Å². The number of halogens is 2. The van der Waals surface area contributed by atoms with E-state index in [1.165, 1.54) is 24.9 Å². The van der Waals surface area contributed by atoms with Crippen molar-refractivity contribution < 1.29 is 4.74 Å². The number of nitrogens with one attached hydrogen (secondary N) is 1.